The van der Waals surface area contributed by atoms with E-state index in [-0.39, 0.29) is 30.6 Å². The van der Waals surface area contributed by atoms with Gasteiger partial charge in [-0.1, -0.05) is 0 Å². The number of rotatable bonds is 4. The normalized spacial score (nSPS) is 17.7. The van der Waals surface area contributed by atoms with Crippen LogP contribution in [0.15, 0.2) is 12.1 Å². The molecule has 0 saturated carbocycles. The number of carbonyl (C=O) groups excluding carboxylic acids is 1. The molecule has 1 aromatic rings. The summed E-state index contributed by atoms with van der Waals surface area (Å²) < 4.78 is 81.4. The van der Waals surface area contributed by atoms with E-state index in [0.29, 0.717) is 6.07 Å². The maximum Gasteiger partial charge on any atom is 0.534 e. The molecule has 0 aliphatic heterocycles. The molecule has 5 nitrogen and oxygen atoms in total. The second-order valence-electron chi connectivity index (χ2n) is 4.88. The Morgan fingerprint density at radius 2 is 1.96 bits per heavy atom. The average molecular weight is 356 g/mol. The molecule has 23 heavy (non-hydrogen) atoms. The first kappa shape index (κ1) is 17.5. The van der Waals surface area contributed by atoms with Crippen molar-refractivity contribution in [1.82, 2.24) is 0 Å². The third-order valence-electron chi connectivity index (χ3n) is 3.29. The van der Waals surface area contributed by atoms with Crippen LogP contribution < -0.4 is 4.18 Å². The number of fused-ring (bicyclic) bond motifs is 1. The van der Waals surface area contributed by atoms with E-state index in [4.69, 9.17) is 4.74 Å². The van der Waals surface area contributed by atoms with Crippen LogP contribution in [-0.4, -0.2) is 26.5 Å². The minimum Gasteiger partial charge on any atom is -0.466 e. The number of halogens is 4. The third-order valence-corrected chi connectivity index (χ3v) is 4.27. The van der Waals surface area contributed by atoms with E-state index in [1.54, 1.807) is 6.92 Å². The lowest BCUT2D eigenvalue weighted by atomic mass is 10.1. The monoisotopic (exact) mass is 356 g/mol. The van der Waals surface area contributed by atoms with E-state index < -0.39 is 39.1 Å². The molecule has 0 spiro atoms. The van der Waals surface area contributed by atoms with E-state index in [1.165, 1.54) is 0 Å². The number of carbonyl (C=O) groups is 1. The molecule has 0 aromatic heterocycles. The van der Waals surface area contributed by atoms with E-state index in [0.717, 1.165) is 6.07 Å². The molecule has 0 radical (unpaired) electrons. The molecule has 0 saturated heterocycles. The van der Waals surface area contributed by atoms with Crippen LogP contribution in [0.25, 0.3) is 0 Å². The summed E-state index contributed by atoms with van der Waals surface area (Å²) in [6, 6.07) is 1.54. The SMILES string of the molecule is CCOC(=O)C1Cc2cc(OS(=O)(=O)C(F)(F)F)cc(F)c2C1. The van der Waals surface area contributed by atoms with Crippen LogP contribution in [0.4, 0.5) is 17.6 Å². The Hall–Kier alpha value is -1.84. The van der Waals surface area contributed by atoms with E-state index >= 15 is 0 Å². The van der Waals surface area contributed by atoms with Gasteiger partial charge in [0, 0.05) is 6.07 Å². The molecule has 1 aliphatic carbocycles. The van der Waals surface area contributed by atoms with Crippen molar-refractivity contribution in [2.24, 2.45) is 5.92 Å². The summed E-state index contributed by atoms with van der Waals surface area (Å²) in [5.41, 5.74) is -5.26. The summed E-state index contributed by atoms with van der Waals surface area (Å²) in [6.07, 6.45) is 0.0701. The maximum atomic E-state index is 13.9. The maximum absolute atomic E-state index is 13.9. The van der Waals surface area contributed by atoms with E-state index in [2.05, 4.69) is 4.18 Å². The summed E-state index contributed by atoms with van der Waals surface area (Å²) in [7, 11) is -5.88. The molecule has 2 rings (SSSR count). The van der Waals surface area contributed by atoms with Gasteiger partial charge in [-0.3, -0.25) is 4.79 Å². The lowest BCUT2D eigenvalue weighted by Crippen LogP contribution is -2.28. The zero-order chi connectivity index (χ0) is 17.4. The van der Waals surface area contributed by atoms with Gasteiger partial charge in [0.1, 0.15) is 11.6 Å². The van der Waals surface area contributed by atoms with Crippen LogP contribution in [-0.2, 0) is 32.5 Å². The molecule has 0 amide bonds. The summed E-state index contributed by atoms with van der Waals surface area (Å²) in [5, 5.41) is 0. The summed E-state index contributed by atoms with van der Waals surface area (Å²) in [6.45, 7) is 1.75. The number of esters is 1. The number of hydrogen-bond acceptors (Lipinski definition) is 5. The molecule has 1 atom stereocenters. The molecular weight excluding hydrogens is 344 g/mol. The highest BCUT2D eigenvalue weighted by atomic mass is 32.2. The molecule has 0 heterocycles. The van der Waals surface area contributed by atoms with Gasteiger partial charge in [0.05, 0.1) is 12.5 Å². The van der Waals surface area contributed by atoms with Gasteiger partial charge in [-0.05, 0) is 37.0 Å². The zero-order valence-corrected chi connectivity index (χ0v) is 12.6. The van der Waals surface area contributed by atoms with Crippen LogP contribution in [0.5, 0.6) is 5.75 Å². The number of benzene rings is 1. The Bertz CT molecular complexity index is 727. The molecule has 0 bridgehead atoms. The number of hydrogen-bond donors (Lipinski definition) is 0. The van der Waals surface area contributed by atoms with Crippen molar-refractivity contribution < 1.29 is 39.7 Å². The van der Waals surface area contributed by atoms with Crippen molar-refractivity contribution in [3.63, 3.8) is 0 Å². The quantitative estimate of drug-likeness (QED) is 0.358. The van der Waals surface area contributed by atoms with Gasteiger partial charge in [-0.2, -0.15) is 21.6 Å². The van der Waals surface area contributed by atoms with Gasteiger partial charge in [-0.15, -0.1) is 0 Å². The van der Waals surface area contributed by atoms with Crippen molar-refractivity contribution >= 4 is 16.1 Å². The number of ether oxygens (including phenoxy) is 1. The Morgan fingerprint density at radius 1 is 1.30 bits per heavy atom. The highest BCUT2D eigenvalue weighted by Crippen LogP contribution is 2.35. The van der Waals surface area contributed by atoms with Gasteiger partial charge in [0.2, 0.25) is 0 Å². The highest BCUT2D eigenvalue weighted by Gasteiger charge is 2.48. The van der Waals surface area contributed by atoms with Crippen molar-refractivity contribution in [3.05, 3.63) is 29.1 Å². The standard InChI is InChI=1S/C13H12F4O5S/c1-2-21-12(18)8-3-7-4-9(6-11(14)10(7)5-8)22-23(19,20)13(15,16)17/h4,6,8H,2-3,5H2,1H3. The van der Waals surface area contributed by atoms with Gasteiger partial charge in [-0.25, -0.2) is 4.39 Å². The van der Waals surface area contributed by atoms with Crippen LogP contribution in [0.1, 0.15) is 18.1 Å². The largest absolute Gasteiger partial charge is 0.534 e. The second kappa shape index (κ2) is 5.99. The van der Waals surface area contributed by atoms with Gasteiger partial charge < -0.3 is 8.92 Å². The van der Waals surface area contributed by atoms with Crippen molar-refractivity contribution in [1.29, 1.82) is 0 Å². The fourth-order valence-corrected chi connectivity index (χ4v) is 2.75. The second-order valence-corrected chi connectivity index (χ2v) is 6.42. The summed E-state index contributed by atoms with van der Waals surface area (Å²) >= 11 is 0. The van der Waals surface area contributed by atoms with Crippen molar-refractivity contribution in [3.8, 4) is 5.75 Å². The van der Waals surface area contributed by atoms with E-state index in [9.17, 15) is 30.8 Å². The van der Waals surface area contributed by atoms with Crippen molar-refractivity contribution in [2.75, 3.05) is 6.61 Å². The predicted molar refractivity (Wildman–Crippen MR) is 69.5 cm³/mol. The molecule has 1 aromatic carbocycles. The van der Waals surface area contributed by atoms with Gasteiger partial charge in [0.15, 0.2) is 0 Å². The molecular formula is C13H12F4O5S. The summed E-state index contributed by atoms with van der Waals surface area (Å²) in [5.74, 6) is -2.92. The molecule has 10 heteroatoms. The fourth-order valence-electron chi connectivity index (χ4n) is 2.31. The van der Waals surface area contributed by atoms with Gasteiger partial charge >= 0.3 is 21.6 Å². The number of alkyl halides is 3. The average Bonchev–Trinajstić information content (AvgIpc) is 2.81. The fraction of sp³-hybridized carbons (Fsp3) is 0.462. The van der Waals surface area contributed by atoms with Crippen LogP contribution in [0.3, 0.4) is 0 Å². The molecule has 0 fully saturated rings. The van der Waals surface area contributed by atoms with Crippen molar-refractivity contribution in [2.45, 2.75) is 25.3 Å². The Morgan fingerprint density at radius 3 is 2.52 bits per heavy atom. The topological polar surface area (TPSA) is 69.7 Å². The highest BCUT2D eigenvalue weighted by molar-refractivity contribution is 7.88. The predicted octanol–water partition coefficient (Wildman–Crippen LogP) is 2.33. The Kier molecular flexibility index (Phi) is 4.56. The minimum atomic E-state index is -5.88. The smallest absolute Gasteiger partial charge is 0.466 e. The lowest BCUT2D eigenvalue weighted by molar-refractivity contribution is -0.147. The molecule has 1 unspecified atom stereocenters. The molecule has 128 valence electrons. The third kappa shape index (κ3) is 3.57. The molecule has 0 N–H and O–H groups in total. The Labute approximate surface area is 129 Å². The van der Waals surface area contributed by atoms with Gasteiger partial charge in [0.25, 0.3) is 0 Å². The molecule has 1 aliphatic rings. The zero-order valence-electron chi connectivity index (χ0n) is 11.8. The minimum absolute atomic E-state index is 0.0340. The first-order valence-electron chi connectivity index (χ1n) is 6.54. The summed E-state index contributed by atoms with van der Waals surface area (Å²) in [4.78, 5) is 11.6. The lowest BCUT2D eigenvalue weighted by Gasteiger charge is -2.11. The van der Waals surface area contributed by atoms with Crippen LogP contribution in [0, 0.1) is 11.7 Å². The Balaban J connectivity index is 2.26. The van der Waals surface area contributed by atoms with Crippen LogP contribution >= 0.6 is 0 Å². The van der Waals surface area contributed by atoms with Crippen LogP contribution in [0.2, 0.25) is 0 Å². The first-order valence-corrected chi connectivity index (χ1v) is 7.94. The first-order chi connectivity index (χ1) is 10.5. The van der Waals surface area contributed by atoms with E-state index in [1.807, 2.05) is 0 Å².